The summed E-state index contributed by atoms with van der Waals surface area (Å²) < 4.78 is 5.12. The minimum Gasteiger partial charge on any atom is -0.392 e. The number of nitrogens with one attached hydrogen (secondary N) is 1. The number of morpholine rings is 1. The molecule has 0 aliphatic carbocycles. The Balaban J connectivity index is 2.23. The molecule has 0 aromatic heterocycles. The van der Waals surface area contributed by atoms with Crippen LogP contribution in [0.1, 0.15) is 6.92 Å². The Labute approximate surface area is 55.0 Å². The first-order valence-electron chi connectivity index (χ1n) is 3.30. The highest BCUT2D eigenvalue weighted by atomic mass is 16.5. The molecule has 1 aliphatic rings. The third-order valence-corrected chi connectivity index (χ3v) is 1.53. The summed E-state index contributed by atoms with van der Waals surface area (Å²) in [6.07, 6.45) is -0.301. The maximum atomic E-state index is 9.03. The van der Waals surface area contributed by atoms with Crippen molar-refractivity contribution in [3.63, 3.8) is 0 Å². The molecule has 0 amide bonds. The molecule has 3 nitrogen and oxygen atoms in total. The third-order valence-electron chi connectivity index (χ3n) is 1.53. The minimum atomic E-state index is -0.301. The first-order valence-corrected chi connectivity index (χ1v) is 3.30. The summed E-state index contributed by atoms with van der Waals surface area (Å²) in [5, 5.41) is 12.2. The summed E-state index contributed by atoms with van der Waals surface area (Å²) >= 11 is 0. The van der Waals surface area contributed by atoms with E-state index < -0.39 is 0 Å². The van der Waals surface area contributed by atoms with Gasteiger partial charge in [0.2, 0.25) is 0 Å². The van der Waals surface area contributed by atoms with Crippen molar-refractivity contribution in [3.8, 4) is 0 Å². The van der Waals surface area contributed by atoms with Crippen LogP contribution in [0.25, 0.3) is 0 Å². The molecule has 2 atom stereocenters. The van der Waals surface area contributed by atoms with Gasteiger partial charge in [-0.2, -0.15) is 0 Å². The van der Waals surface area contributed by atoms with Crippen molar-refractivity contribution in [3.05, 3.63) is 0 Å². The summed E-state index contributed by atoms with van der Waals surface area (Å²) in [5.41, 5.74) is 0. The molecule has 0 aromatic carbocycles. The van der Waals surface area contributed by atoms with Crippen LogP contribution < -0.4 is 5.32 Å². The van der Waals surface area contributed by atoms with Crippen LogP contribution in [0.3, 0.4) is 0 Å². The van der Waals surface area contributed by atoms with Gasteiger partial charge < -0.3 is 15.2 Å². The molecular weight excluding hydrogens is 118 g/mol. The van der Waals surface area contributed by atoms with Crippen molar-refractivity contribution in [2.24, 2.45) is 0 Å². The lowest BCUT2D eigenvalue weighted by atomic mass is 10.2. The van der Waals surface area contributed by atoms with E-state index in [-0.39, 0.29) is 12.1 Å². The standard InChI is InChI=1S/C6H13NO2/c1-5(8)6-4-9-3-2-7-6/h5-8H,2-4H2,1H3/t5-,6-/m1/s1. The van der Waals surface area contributed by atoms with E-state index in [0.29, 0.717) is 6.61 Å². The molecule has 0 spiro atoms. The van der Waals surface area contributed by atoms with Gasteiger partial charge >= 0.3 is 0 Å². The van der Waals surface area contributed by atoms with Crippen molar-refractivity contribution in [2.75, 3.05) is 19.8 Å². The number of aliphatic hydroxyl groups excluding tert-OH is 1. The van der Waals surface area contributed by atoms with Crippen molar-refractivity contribution in [1.29, 1.82) is 0 Å². The third kappa shape index (κ3) is 1.93. The van der Waals surface area contributed by atoms with E-state index in [1.807, 2.05) is 0 Å². The first kappa shape index (κ1) is 6.99. The molecule has 1 aliphatic heterocycles. The molecule has 2 N–H and O–H groups in total. The van der Waals surface area contributed by atoms with Crippen LogP contribution in [0.4, 0.5) is 0 Å². The Bertz CT molecular complexity index is 79.1. The van der Waals surface area contributed by atoms with Gasteiger partial charge in [-0.25, -0.2) is 0 Å². The van der Waals surface area contributed by atoms with Crippen LogP contribution in [0.15, 0.2) is 0 Å². The highest BCUT2D eigenvalue weighted by Gasteiger charge is 2.16. The second-order valence-electron chi connectivity index (χ2n) is 2.38. The number of hydrogen-bond donors (Lipinski definition) is 2. The molecule has 0 unspecified atom stereocenters. The number of hydrogen-bond acceptors (Lipinski definition) is 3. The van der Waals surface area contributed by atoms with Crippen LogP contribution in [0, 0.1) is 0 Å². The second-order valence-corrected chi connectivity index (χ2v) is 2.38. The molecule has 54 valence electrons. The molecule has 1 heterocycles. The molecule has 0 saturated carbocycles. The molecule has 1 saturated heterocycles. The lowest BCUT2D eigenvalue weighted by Crippen LogP contribution is -2.47. The number of rotatable bonds is 1. The summed E-state index contributed by atoms with van der Waals surface area (Å²) in [6.45, 7) is 4.03. The number of aliphatic hydroxyl groups is 1. The fourth-order valence-corrected chi connectivity index (χ4v) is 0.896. The van der Waals surface area contributed by atoms with E-state index in [9.17, 15) is 0 Å². The van der Waals surface area contributed by atoms with Gasteiger partial charge in [0.05, 0.1) is 25.4 Å². The summed E-state index contributed by atoms with van der Waals surface area (Å²) in [7, 11) is 0. The van der Waals surface area contributed by atoms with Crippen LogP contribution in [-0.2, 0) is 4.74 Å². The molecule has 0 radical (unpaired) electrons. The maximum Gasteiger partial charge on any atom is 0.0687 e. The zero-order valence-corrected chi connectivity index (χ0v) is 5.63. The monoisotopic (exact) mass is 131 g/mol. The van der Waals surface area contributed by atoms with Crippen LogP contribution in [0.5, 0.6) is 0 Å². The number of ether oxygens (including phenoxy) is 1. The van der Waals surface area contributed by atoms with Crippen LogP contribution in [0.2, 0.25) is 0 Å². The molecule has 9 heavy (non-hydrogen) atoms. The predicted molar refractivity (Wildman–Crippen MR) is 34.3 cm³/mol. The fourth-order valence-electron chi connectivity index (χ4n) is 0.896. The quantitative estimate of drug-likeness (QED) is 0.497. The first-order chi connectivity index (χ1) is 4.30. The fraction of sp³-hybridized carbons (Fsp3) is 1.00. The van der Waals surface area contributed by atoms with Gasteiger partial charge in [0.1, 0.15) is 0 Å². The van der Waals surface area contributed by atoms with E-state index in [2.05, 4.69) is 5.32 Å². The summed E-state index contributed by atoms with van der Waals surface area (Å²) in [5.74, 6) is 0. The topological polar surface area (TPSA) is 41.5 Å². The normalized spacial score (nSPS) is 32.0. The molecule has 0 bridgehead atoms. The molecule has 0 aromatic rings. The van der Waals surface area contributed by atoms with E-state index >= 15 is 0 Å². The zero-order chi connectivity index (χ0) is 6.69. The predicted octanol–water partition coefficient (Wildman–Crippen LogP) is -0.644. The smallest absolute Gasteiger partial charge is 0.0687 e. The Hall–Kier alpha value is -0.120. The van der Waals surface area contributed by atoms with Crippen molar-refractivity contribution in [2.45, 2.75) is 19.1 Å². The largest absolute Gasteiger partial charge is 0.392 e. The van der Waals surface area contributed by atoms with Gasteiger partial charge in [0.15, 0.2) is 0 Å². The highest BCUT2D eigenvalue weighted by molar-refractivity contribution is 4.74. The Morgan fingerprint density at radius 2 is 2.56 bits per heavy atom. The second kappa shape index (κ2) is 3.15. The van der Waals surface area contributed by atoms with E-state index in [0.717, 1.165) is 13.2 Å². The van der Waals surface area contributed by atoms with Crippen molar-refractivity contribution >= 4 is 0 Å². The van der Waals surface area contributed by atoms with Gasteiger partial charge in [0.25, 0.3) is 0 Å². The molecule has 3 heteroatoms. The molecule has 1 fully saturated rings. The zero-order valence-electron chi connectivity index (χ0n) is 5.63. The highest BCUT2D eigenvalue weighted by Crippen LogP contribution is 1.97. The molecule has 1 rings (SSSR count). The summed E-state index contributed by atoms with van der Waals surface area (Å²) in [4.78, 5) is 0. The maximum absolute atomic E-state index is 9.03. The van der Waals surface area contributed by atoms with Crippen LogP contribution in [-0.4, -0.2) is 37.0 Å². The lowest BCUT2D eigenvalue weighted by Gasteiger charge is -2.25. The van der Waals surface area contributed by atoms with Crippen LogP contribution >= 0.6 is 0 Å². The minimum absolute atomic E-state index is 0.138. The SMILES string of the molecule is C[C@@H](O)[C@H]1COCCN1. The van der Waals surface area contributed by atoms with Gasteiger partial charge in [-0.1, -0.05) is 0 Å². The van der Waals surface area contributed by atoms with E-state index in [4.69, 9.17) is 9.84 Å². The van der Waals surface area contributed by atoms with Gasteiger partial charge in [-0.05, 0) is 6.92 Å². The Kier molecular flexibility index (Phi) is 2.45. The van der Waals surface area contributed by atoms with Crippen molar-refractivity contribution in [1.82, 2.24) is 5.32 Å². The van der Waals surface area contributed by atoms with Gasteiger partial charge in [-0.15, -0.1) is 0 Å². The lowest BCUT2D eigenvalue weighted by molar-refractivity contribution is 0.0253. The van der Waals surface area contributed by atoms with E-state index in [1.54, 1.807) is 6.92 Å². The Morgan fingerprint density at radius 1 is 1.78 bits per heavy atom. The van der Waals surface area contributed by atoms with E-state index in [1.165, 1.54) is 0 Å². The molecular formula is C6H13NO2. The van der Waals surface area contributed by atoms with Gasteiger partial charge in [0, 0.05) is 6.54 Å². The van der Waals surface area contributed by atoms with Crippen molar-refractivity contribution < 1.29 is 9.84 Å². The average molecular weight is 131 g/mol. The average Bonchev–Trinajstić information content (AvgIpc) is 1.90. The Morgan fingerprint density at radius 3 is 2.89 bits per heavy atom. The summed E-state index contributed by atoms with van der Waals surface area (Å²) in [6, 6.07) is 0.138. The van der Waals surface area contributed by atoms with Gasteiger partial charge in [-0.3, -0.25) is 0 Å².